The monoisotopic (exact) mass is 440 g/mol. The highest BCUT2D eigenvalue weighted by molar-refractivity contribution is 7.89. The molecule has 0 spiro atoms. The highest BCUT2D eigenvalue weighted by Gasteiger charge is 2.25. The molecule has 8 nitrogen and oxygen atoms in total. The second-order valence-corrected chi connectivity index (χ2v) is 8.13. The van der Waals surface area contributed by atoms with Crippen LogP contribution < -0.4 is 10.0 Å². The molecular weight excluding hydrogens is 420 g/mol. The van der Waals surface area contributed by atoms with Crippen LogP contribution in [0.1, 0.15) is 12.5 Å². The first kappa shape index (κ1) is 22.8. The van der Waals surface area contributed by atoms with Crippen molar-refractivity contribution in [1.82, 2.24) is 4.72 Å². The number of aliphatic hydroxyl groups excluding tert-OH is 1. The van der Waals surface area contributed by atoms with Gasteiger partial charge in [-0.2, -0.15) is 4.72 Å². The van der Waals surface area contributed by atoms with Gasteiger partial charge in [-0.3, -0.25) is 9.59 Å². The number of esters is 1. The lowest BCUT2D eigenvalue weighted by atomic mass is 10.1. The van der Waals surface area contributed by atoms with Crippen molar-refractivity contribution in [2.24, 2.45) is 0 Å². The molecule has 1 amide bonds. The number of hydrogen-bond acceptors (Lipinski definition) is 6. The molecule has 2 aromatic rings. The van der Waals surface area contributed by atoms with E-state index in [0.717, 1.165) is 0 Å². The van der Waals surface area contributed by atoms with Gasteiger partial charge in [0, 0.05) is 10.7 Å². The summed E-state index contributed by atoms with van der Waals surface area (Å²) in [7, 11) is -4.03. The molecule has 0 saturated carbocycles. The van der Waals surface area contributed by atoms with E-state index in [9.17, 15) is 23.1 Å². The molecule has 156 valence electrons. The number of nitrogens with one attached hydrogen (secondary N) is 2. The number of hydrogen-bond donors (Lipinski definition) is 3. The molecule has 0 heterocycles. The molecule has 29 heavy (non-hydrogen) atoms. The van der Waals surface area contributed by atoms with E-state index in [1.807, 2.05) is 0 Å². The molecule has 10 heteroatoms. The van der Waals surface area contributed by atoms with E-state index < -0.39 is 28.6 Å². The first-order chi connectivity index (χ1) is 13.7. The van der Waals surface area contributed by atoms with Gasteiger partial charge in [-0.1, -0.05) is 23.7 Å². The predicted molar refractivity (Wildman–Crippen MR) is 108 cm³/mol. The highest BCUT2D eigenvalue weighted by atomic mass is 35.5. The quantitative estimate of drug-likeness (QED) is 0.510. The molecule has 2 aromatic carbocycles. The van der Waals surface area contributed by atoms with E-state index in [4.69, 9.17) is 16.3 Å². The van der Waals surface area contributed by atoms with Crippen molar-refractivity contribution in [2.75, 3.05) is 18.5 Å². The zero-order valence-electron chi connectivity index (χ0n) is 15.6. The maximum atomic E-state index is 12.4. The Balaban J connectivity index is 2.02. The minimum Gasteiger partial charge on any atom is -0.466 e. The van der Waals surface area contributed by atoms with Crippen molar-refractivity contribution in [3.63, 3.8) is 0 Å². The van der Waals surface area contributed by atoms with Crippen LogP contribution in [-0.4, -0.2) is 44.7 Å². The standard InChI is InChI=1S/C19H21ClN2O6S/c1-2-28-18(24)11-13-3-7-15(8-4-13)21-19(25)17(12-23)22-29(26,27)16-9-5-14(20)6-10-16/h3-10,17,22-23H,2,11-12H2,1H3,(H,21,25)/t17-/m0/s1. The van der Waals surface area contributed by atoms with Gasteiger partial charge >= 0.3 is 5.97 Å². The van der Waals surface area contributed by atoms with E-state index >= 15 is 0 Å². The minimum atomic E-state index is -4.03. The maximum Gasteiger partial charge on any atom is 0.310 e. The van der Waals surface area contributed by atoms with Crippen molar-refractivity contribution in [3.05, 3.63) is 59.1 Å². The van der Waals surface area contributed by atoms with E-state index in [-0.39, 0.29) is 17.3 Å². The summed E-state index contributed by atoms with van der Waals surface area (Å²) in [5.41, 5.74) is 1.08. The molecule has 2 rings (SSSR count). The lowest BCUT2D eigenvalue weighted by molar-refractivity contribution is -0.142. The first-order valence-corrected chi connectivity index (χ1v) is 10.6. The van der Waals surface area contributed by atoms with Crippen LogP contribution in [0.3, 0.4) is 0 Å². The number of benzene rings is 2. The molecular formula is C19H21ClN2O6S. The van der Waals surface area contributed by atoms with Gasteiger partial charge < -0.3 is 15.2 Å². The van der Waals surface area contributed by atoms with Crippen molar-refractivity contribution in [3.8, 4) is 0 Å². The third kappa shape index (κ3) is 6.82. The molecule has 3 N–H and O–H groups in total. The van der Waals surface area contributed by atoms with Crippen LogP contribution in [0.5, 0.6) is 0 Å². The summed E-state index contributed by atoms with van der Waals surface area (Å²) < 4.78 is 31.8. The largest absolute Gasteiger partial charge is 0.466 e. The van der Waals surface area contributed by atoms with Gasteiger partial charge in [0.25, 0.3) is 0 Å². The number of rotatable bonds is 9. The Kier molecular flexibility index (Phi) is 8.15. The second-order valence-electron chi connectivity index (χ2n) is 5.98. The van der Waals surface area contributed by atoms with Gasteiger partial charge in [0.15, 0.2) is 0 Å². The number of anilines is 1. The van der Waals surface area contributed by atoms with Gasteiger partial charge in [0.1, 0.15) is 6.04 Å². The van der Waals surface area contributed by atoms with Crippen molar-refractivity contribution in [2.45, 2.75) is 24.3 Å². The number of sulfonamides is 1. The summed E-state index contributed by atoms with van der Waals surface area (Å²) in [6.07, 6.45) is 0.0994. The number of halogens is 1. The van der Waals surface area contributed by atoms with Crippen LogP contribution in [0, 0.1) is 0 Å². The Hall–Kier alpha value is -2.46. The fourth-order valence-electron chi connectivity index (χ4n) is 2.36. The minimum absolute atomic E-state index is 0.0866. The van der Waals surface area contributed by atoms with Gasteiger partial charge in [-0.05, 0) is 48.9 Å². The third-order valence-electron chi connectivity index (χ3n) is 3.80. The van der Waals surface area contributed by atoms with E-state index in [1.54, 1.807) is 31.2 Å². The summed E-state index contributed by atoms with van der Waals surface area (Å²) in [6.45, 7) is 1.27. The van der Waals surface area contributed by atoms with Gasteiger partial charge in [-0.15, -0.1) is 0 Å². The molecule has 0 aliphatic heterocycles. The smallest absolute Gasteiger partial charge is 0.310 e. The fourth-order valence-corrected chi connectivity index (χ4v) is 3.67. The Morgan fingerprint density at radius 1 is 1.10 bits per heavy atom. The van der Waals surface area contributed by atoms with E-state index in [1.165, 1.54) is 24.3 Å². The third-order valence-corrected chi connectivity index (χ3v) is 5.54. The summed E-state index contributed by atoms with van der Waals surface area (Å²) in [5.74, 6) is -1.09. The molecule has 0 saturated heterocycles. The number of amides is 1. The molecule has 0 radical (unpaired) electrons. The predicted octanol–water partition coefficient (Wildman–Crippen LogP) is 1.72. The molecule has 0 fully saturated rings. The molecule has 0 bridgehead atoms. The van der Waals surface area contributed by atoms with Gasteiger partial charge in [0.05, 0.1) is 24.5 Å². The Labute approximate surface area is 173 Å². The number of carbonyl (C=O) groups excluding carboxylic acids is 2. The molecule has 0 aliphatic carbocycles. The normalized spacial score (nSPS) is 12.2. The van der Waals surface area contributed by atoms with Gasteiger partial charge in [-0.25, -0.2) is 8.42 Å². The summed E-state index contributed by atoms with van der Waals surface area (Å²) >= 11 is 5.75. The van der Waals surface area contributed by atoms with Gasteiger partial charge in [0.2, 0.25) is 15.9 Å². The number of ether oxygens (including phenoxy) is 1. The number of aliphatic hydroxyl groups is 1. The first-order valence-electron chi connectivity index (χ1n) is 8.69. The summed E-state index contributed by atoms with van der Waals surface area (Å²) in [5, 5.41) is 12.3. The van der Waals surface area contributed by atoms with Crippen LogP contribution in [0.15, 0.2) is 53.4 Å². The summed E-state index contributed by atoms with van der Waals surface area (Å²) in [4.78, 5) is 23.8. The summed E-state index contributed by atoms with van der Waals surface area (Å²) in [6, 6.07) is 10.4. The van der Waals surface area contributed by atoms with Crippen LogP contribution in [-0.2, 0) is 30.8 Å². The SMILES string of the molecule is CCOC(=O)Cc1ccc(NC(=O)[C@H](CO)NS(=O)(=O)c2ccc(Cl)cc2)cc1. The van der Waals surface area contributed by atoms with Crippen LogP contribution in [0.25, 0.3) is 0 Å². The molecule has 1 atom stereocenters. The lowest BCUT2D eigenvalue weighted by Gasteiger charge is -2.16. The van der Waals surface area contributed by atoms with Crippen LogP contribution in [0.2, 0.25) is 5.02 Å². The average molecular weight is 441 g/mol. The van der Waals surface area contributed by atoms with E-state index in [0.29, 0.717) is 22.9 Å². The molecule has 0 aromatic heterocycles. The lowest BCUT2D eigenvalue weighted by Crippen LogP contribution is -2.46. The van der Waals surface area contributed by atoms with E-state index in [2.05, 4.69) is 10.0 Å². The Morgan fingerprint density at radius 3 is 2.28 bits per heavy atom. The Bertz CT molecular complexity index is 946. The van der Waals surface area contributed by atoms with Crippen LogP contribution in [0.4, 0.5) is 5.69 Å². The van der Waals surface area contributed by atoms with Crippen LogP contribution >= 0.6 is 11.6 Å². The Morgan fingerprint density at radius 2 is 1.72 bits per heavy atom. The molecule has 0 unspecified atom stereocenters. The fraction of sp³-hybridized carbons (Fsp3) is 0.263. The molecule has 0 aliphatic rings. The van der Waals surface area contributed by atoms with Crippen molar-refractivity contribution < 1.29 is 27.9 Å². The topological polar surface area (TPSA) is 122 Å². The maximum absolute atomic E-state index is 12.4. The highest BCUT2D eigenvalue weighted by Crippen LogP contribution is 2.15. The van der Waals surface area contributed by atoms with Crippen molar-refractivity contribution in [1.29, 1.82) is 0 Å². The second kappa shape index (κ2) is 10.4. The zero-order valence-corrected chi connectivity index (χ0v) is 17.2. The number of carbonyl (C=O) groups is 2. The van der Waals surface area contributed by atoms with Crippen molar-refractivity contribution >= 4 is 39.2 Å². The average Bonchev–Trinajstić information content (AvgIpc) is 2.68. The zero-order chi connectivity index (χ0) is 21.4.